The molecule has 0 fully saturated rings. The van der Waals surface area contributed by atoms with Crippen LogP contribution in [-0.2, 0) is 11.3 Å². The van der Waals surface area contributed by atoms with Crippen molar-refractivity contribution < 1.29 is 23.4 Å². The summed E-state index contributed by atoms with van der Waals surface area (Å²) in [6, 6.07) is 7.07. The van der Waals surface area contributed by atoms with Crippen molar-refractivity contribution in [3.05, 3.63) is 47.4 Å². The minimum atomic E-state index is -0.406. The number of carbonyl (C=O) groups excluding carboxylic acids is 1. The van der Waals surface area contributed by atoms with Gasteiger partial charge in [-0.1, -0.05) is 13.0 Å². The molecule has 118 valence electrons. The van der Waals surface area contributed by atoms with Crippen LogP contribution in [0.5, 0.6) is 11.5 Å². The first kappa shape index (κ1) is 15.9. The number of furan rings is 1. The van der Waals surface area contributed by atoms with E-state index in [-0.39, 0.29) is 6.61 Å². The number of ether oxygens (including phenoxy) is 3. The van der Waals surface area contributed by atoms with Gasteiger partial charge in [-0.05, 0) is 37.1 Å². The van der Waals surface area contributed by atoms with E-state index in [1.165, 1.54) is 6.26 Å². The number of methoxy groups -OCH3 is 1. The zero-order valence-corrected chi connectivity index (χ0v) is 13.0. The molecule has 1 heterocycles. The Morgan fingerprint density at radius 2 is 2.05 bits per heavy atom. The molecule has 0 radical (unpaired) electrons. The zero-order valence-electron chi connectivity index (χ0n) is 13.0. The number of benzene rings is 1. The molecular weight excluding hydrogens is 284 g/mol. The van der Waals surface area contributed by atoms with Gasteiger partial charge in [-0.2, -0.15) is 0 Å². The molecule has 0 spiro atoms. The molecule has 2 aromatic rings. The van der Waals surface area contributed by atoms with Gasteiger partial charge in [-0.15, -0.1) is 0 Å². The number of esters is 1. The summed E-state index contributed by atoms with van der Waals surface area (Å²) in [5, 5.41) is 0. The van der Waals surface area contributed by atoms with Crippen LogP contribution in [0.15, 0.2) is 34.9 Å². The van der Waals surface area contributed by atoms with Gasteiger partial charge in [0.05, 0.1) is 20.0 Å². The lowest BCUT2D eigenvalue weighted by Gasteiger charge is -2.12. The highest BCUT2D eigenvalue weighted by atomic mass is 16.5. The number of carbonyl (C=O) groups is 1. The minimum absolute atomic E-state index is 0.161. The smallest absolute Gasteiger partial charge is 0.342 e. The van der Waals surface area contributed by atoms with Gasteiger partial charge in [0, 0.05) is 0 Å². The maximum Gasteiger partial charge on any atom is 0.342 e. The van der Waals surface area contributed by atoms with Crippen LogP contribution in [0.1, 0.15) is 35.0 Å². The summed E-state index contributed by atoms with van der Waals surface area (Å²) in [4.78, 5) is 11.9. The van der Waals surface area contributed by atoms with E-state index < -0.39 is 5.97 Å². The standard InChI is InChI=1S/C17H20O5/c1-4-8-21-15-6-5-13(10-16(15)19-3)11-22-17(18)14-7-9-20-12(14)2/h5-7,9-10H,4,8,11H2,1-3H3. The maximum absolute atomic E-state index is 11.9. The summed E-state index contributed by atoms with van der Waals surface area (Å²) in [6.45, 7) is 4.55. The van der Waals surface area contributed by atoms with Crippen molar-refractivity contribution >= 4 is 5.97 Å². The lowest BCUT2D eigenvalue weighted by atomic mass is 10.2. The van der Waals surface area contributed by atoms with E-state index in [2.05, 4.69) is 0 Å². The average Bonchev–Trinajstić information content (AvgIpc) is 2.97. The van der Waals surface area contributed by atoms with Crippen LogP contribution in [0, 0.1) is 6.92 Å². The molecule has 0 aliphatic heterocycles. The van der Waals surface area contributed by atoms with Crippen molar-refractivity contribution in [3.8, 4) is 11.5 Å². The highest BCUT2D eigenvalue weighted by Crippen LogP contribution is 2.28. The molecular formula is C17H20O5. The first-order chi connectivity index (χ1) is 10.7. The van der Waals surface area contributed by atoms with Crippen LogP contribution in [0.4, 0.5) is 0 Å². The van der Waals surface area contributed by atoms with E-state index >= 15 is 0 Å². The van der Waals surface area contributed by atoms with Crippen LogP contribution in [0.25, 0.3) is 0 Å². The molecule has 0 amide bonds. The summed E-state index contributed by atoms with van der Waals surface area (Å²) in [5.41, 5.74) is 1.27. The van der Waals surface area contributed by atoms with Crippen LogP contribution in [0.3, 0.4) is 0 Å². The minimum Gasteiger partial charge on any atom is -0.493 e. The van der Waals surface area contributed by atoms with E-state index in [9.17, 15) is 4.79 Å². The predicted molar refractivity (Wildman–Crippen MR) is 81.3 cm³/mol. The lowest BCUT2D eigenvalue weighted by Crippen LogP contribution is -2.06. The second-order valence-electron chi connectivity index (χ2n) is 4.80. The monoisotopic (exact) mass is 304 g/mol. The fraction of sp³-hybridized carbons (Fsp3) is 0.353. The fourth-order valence-electron chi connectivity index (χ4n) is 1.96. The van der Waals surface area contributed by atoms with Crippen LogP contribution in [0.2, 0.25) is 0 Å². The molecule has 0 saturated carbocycles. The Morgan fingerprint density at radius 1 is 1.23 bits per heavy atom. The van der Waals surface area contributed by atoms with Gasteiger partial charge in [0.25, 0.3) is 0 Å². The van der Waals surface area contributed by atoms with Crippen LogP contribution < -0.4 is 9.47 Å². The third-order valence-corrected chi connectivity index (χ3v) is 3.14. The van der Waals surface area contributed by atoms with Crippen molar-refractivity contribution in [2.75, 3.05) is 13.7 Å². The second-order valence-corrected chi connectivity index (χ2v) is 4.80. The van der Waals surface area contributed by atoms with Gasteiger partial charge in [0.15, 0.2) is 11.5 Å². The predicted octanol–water partition coefficient (Wildman–Crippen LogP) is 3.74. The molecule has 0 bridgehead atoms. The SMILES string of the molecule is CCCOc1ccc(COC(=O)c2ccoc2C)cc1OC. The third kappa shape index (κ3) is 3.81. The van der Waals surface area contributed by atoms with Gasteiger partial charge >= 0.3 is 5.97 Å². The number of hydrogen-bond donors (Lipinski definition) is 0. The Hall–Kier alpha value is -2.43. The zero-order chi connectivity index (χ0) is 15.9. The van der Waals surface area contributed by atoms with E-state index in [0.717, 1.165) is 12.0 Å². The first-order valence-corrected chi connectivity index (χ1v) is 7.16. The maximum atomic E-state index is 11.9. The van der Waals surface area contributed by atoms with Crippen molar-refractivity contribution in [1.82, 2.24) is 0 Å². The summed E-state index contributed by atoms with van der Waals surface area (Å²) < 4.78 is 21.3. The van der Waals surface area contributed by atoms with Gasteiger partial charge < -0.3 is 18.6 Å². The van der Waals surface area contributed by atoms with Gasteiger partial charge in [0.2, 0.25) is 0 Å². The van der Waals surface area contributed by atoms with Crippen LogP contribution in [-0.4, -0.2) is 19.7 Å². The highest BCUT2D eigenvalue weighted by Gasteiger charge is 2.13. The molecule has 0 saturated heterocycles. The van der Waals surface area contributed by atoms with Crippen molar-refractivity contribution in [2.45, 2.75) is 26.9 Å². The Balaban J connectivity index is 2.01. The molecule has 22 heavy (non-hydrogen) atoms. The summed E-state index contributed by atoms with van der Waals surface area (Å²) in [5.74, 6) is 1.45. The Labute approximate surface area is 129 Å². The topological polar surface area (TPSA) is 57.9 Å². The molecule has 5 heteroatoms. The normalized spacial score (nSPS) is 10.3. The Kier molecular flexibility index (Phi) is 5.47. The Morgan fingerprint density at radius 3 is 2.68 bits per heavy atom. The highest BCUT2D eigenvalue weighted by molar-refractivity contribution is 5.90. The molecule has 0 aliphatic carbocycles. The van der Waals surface area contributed by atoms with Crippen molar-refractivity contribution in [1.29, 1.82) is 0 Å². The van der Waals surface area contributed by atoms with Crippen molar-refractivity contribution in [2.24, 2.45) is 0 Å². The molecule has 1 aromatic carbocycles. The quantitative estimate of drug-likeness (QED) is 0.729. The molecule has 5 nitrogen and oxygen atoms in total. The van der Waals surface area contributed by atoms with Crippen molar-refractivity contribution in [3.63, 3.8) is 0 Å². The number of hydrogen-bond acceptors (Lipinski definition) is 5. The van der Waals surface area contributed by atoms with Crippen LogP contribution >= 0.6 is 0 Å². The number of aryl methyl sites for hydroxylation is 1. The summed E-state index contributed by atoms with van der Waals surface area (Å²) in [7, 11) is 1.58. The largest absolute Gasteiger partial charge is 0.493 e. The van der Waals surface area contributed by atoms with E-state index in [1.807, 2.05) is 19.1 Å². The first-order valence-electron chi connectivity index (χ1n) is 7.16. The molecule has 2 rings (SSSR count). The molecule has 0 aliphatic rings. The van der Waals surface area contributed by atoms with E-state index in [0.29, 0.717) is 29.4 Å². The summed E-state index contributed by atoms with van der Waals surface area (Å²) >= 11 is 0. The molecule has 0 N–H and O–H groups in total. The lowest BCUT2D eigenvalue weighted by molar-refractivity contribution is 0.0470. The van der Waals surface area contributed by atoms with Gasteiger partial charge in [-0.25, -0.2) is 4.79 Å². The molecule has 0 unspecified atom stereocenters. The van der Waals surface area contributed by atoms with E-state index in [4.69, 9.17) is 18.6 Å². The second kappa shape index (κ2) is 7.54. The third-order valence-electron chi connectivity index (χ3n) is 3.14. The van der Waals surface area contributed by atoms with E-state index in [1.54, 1.807) is 26.2 Å². The molecule has 0 atom stereocenters. The number of rotatable bonds is 7. The fourth-order valence-corrected chi connectivity index (χ4v) is 1.96. The summed E-state index contributed by atoms with van der Waals surface area (Å²) in [6.07, 6.45) is 2.39. The van der Waals surface area contributed by atoms with Gasteiger partial charge in [-0.3, -0.25) is 0 Å². The molecule has 1 aromatic heterocycles. The average molecular weight is 304 g/mol. The van der Waals surface area contributed by atoms with Gasteiger partial charge in [0.1, 0.15) is 17.9 Å². The Bertz CT molecular complexity index is 630.